The predicted molar refractivity (Wildman–Crippen MR) is 53.7 cm³/mol. The minimum atomic E-state index is -0.244. The molecule has 0 saturated carbocycles. The topological polar surface area (TPSA) is 38.1 Å². The highest BCUT2D eigenvalue weighted by Crippen LogP contribution is 2.07. The Bertz CT molecular complexity index is 436. The van der Waals surface area contributed by atoms with Crippen molar-refractivity contribution in [2.75, 3.05) is 0 Å². The van der Waals surface area contributed by atoms with Gasteiger partial charge in [0, 0.05) is 18.9 Å². The van der Waals surface area contributed by atoms with E-state index < -0.39 is 0 Å². The van der Waals surface area contributed by atoms with Gasteiger partial charge in [-0.3, -0.25) is 0 Å². The zero-order chi connectivity index (χ0) is 10.7. The highest BCUT2D eigenvalue weighted by molar-refractivity contribution is 5.17. The van der Waals surface area contributed by atoms with Crippen molar-refractivity contribution in [3.05, 3.63) is 53.9 Å². The third kappa shape index (κ3) is 2.22. The Labute approximate surface area is 86.8 Å². The lowest BCUT2D eigenvalue weighted by Gasteiger charge is -2.05. The molecule has 0 spiro atoms. The number of halogens is 1. The lowest BCUT2D eigenvalue weighted by molar-refractivity contribution is 0.266. The summed E-state index contributed by atoms with van der Waals surface area (Å²) in [5, 5.41) is 8.99. The first-order valence-corrected chi connectivity index (χ1v) is 4.65. The monoisotopic (exact) mass is 206 g/mol. The number of hydrogen-bond donors (Lipinski definition) is 1. The van der Waals surface area contributed by atoms with E-state index in [0.29, 0.717) is 12.4 Å². The van der Waals surface area contributed by atoms with Crippen LogP contribution in [0.2, 0.25) is 0 Å². The molecule has 0 atom stereocenters. The summed E-state index contributed by atoms with van der Waals surface area (Å²) in [4.78, 5) is 3.99. The maximum Gasteiger partial charge on any atom is 0.134 e. The molecule has 0 fully saturated rings. The van der Waals surface area contributed by atoms with Crippen LogP contribution in [0.1, 0.15) is 11.4 Å². The van der Waals surface area contributed by atoms with E-state index in [4.69, 9.17) is 5.11 Å². The molecule has 2 aromatic rings. The second-order valence-electron chi connectivity index (χ2n) is 3.26. The van der Waals surface area contributed by atoms with Crippen molar-refractivity contribution in [1.29, 1.82) is 0 Å². The van der Waals surface area contributed by atoms with Gasteiger partial charge in [-0.25, -0.2) is 9.37 Å². The van der Waals surface area contributed by atoms with Crippen molar-refractivity contribution in [2.24, 2.45) is 0 Å². The second kappa shape index (κ2) is 4.23. The van der Waals surface area contributed by atoms with E-state index in [1.165, 1.54) is 12.1 Å². The Hall–Kier alpha value is -1.68. The molecule has 15 heavy (non-hydrogen) atoms. The lowest BCUT2D eigenvalue weighted by atomic mass is 10.2. The normalized spacial score (nSPS) is 10.5. The van der Waals surface area contributed by atoms with E-state index in [-0.39, 0.29) is 12.4 Å². The molecule has 1 aromatic carbocycles. The van der Waals surface area contributed by atoms with Crippen LogP contribution in [-0.4, -0.2) is 14.7 Å². The fourth-order valence-corrected chi connectivity index (χ4v) is 1.42. The van der Waals surface area contributed by atoms with Gasteiger partial charge in [-0.1, -0.05) is 12.1 Å². The fraction of sp³-hybridized carbons (Fsp3) is 0.182. The van der Waals surface area contributed by atoms with Gasteiger partial charge in [0.1, 0.15) is 18.2 Å². The molecular weight excluding hydrogens is 195 g/mol. The Morgan fingerprint density at radius 3 is 2.67 bits per heavy atom. The average molecular weight is 206 g/mol. The summed E-state index contributed by atoms with van der Waals surface area (Å²) in [6.07, 6.45) is 3.42. The van der Waals surface area contributed by atoms with Crippen molar-refractivity contribution in [1.82, 2.24) is 9.55 Å². The first-order valence-electron chi connectivity index (χ1n) is 4.65. The molecule has 4 heteroatoms. The zero-order valence-electron chi connectivity index (χ0n) is 8.10. The van der Waals surface area contributed by atoms with Gasteiger partial charge < -0.3 is 9.67 Å². The Balaban J connectivity index is 2.18. The van der Waals surface area contributed by atoms with Crippen LogP contribution < -0.4 is 0 Å². The molecule has 0 amide bonds. The molecule has 3 nitrogen and oxygen atoms in total. The van der Waals surface area contributed by atoms with Crippen molar-refractivity contribution in [3.63, 3.8) is 0 Å². The molecule has 2 rings (SSSR count). The van der Waals surface area contributed by atoms with Gasteiger partial charge in [0.05, 0.1) is 0 Å². The van der Waals surface area contributed by atoms with Crippen LogP contribution in [0.4, 0.5) is 4.39 Å². The molecule has 0 unspecified atom stereocenters. The number of hydrogen-bond acceptors (Lipinski definition) is 2. The average Bonchev–Trinajstić information content (AvgIpc) is 2.69. The number of benzene rings is 1. The van der Waals surface area contributed by atoms with Gasteiger partial charge >= 0.3 is 0 Å². The summed E-state index contributed by atoms with van der Waals surface area (Å²) >= 11 is 0. The van der Waals surface area contributed by atoms with Crippen LogP contribution in [0.3, 0.4) is 0 Å². The molecule has 0 aliphatic rings. The molecule has 1 heterocycles. The van der Waals surface area contributed by atoms with E-state index in [0.717, 1.165) is 5.56 Å². The smallest absolute Gasteiger partial charge is 0.134 e. The van der Waals surface area contributed by atoms with Gasteiger partial charge in [0.2, 0.25) is 0 Å². The Kier molecular flexibility index (Phi) is 2.78. The van der Waals surface area contributed by atoms with Crippen molar-refractivity contribution >= 4 is 0 Å². The summed E-state index contributed by atoms with van der Waals surface area (Å²) in [6.45, 7) is 0.504. The summed E-state index contributed by atoms with van der Waals surface area (Å²) in [6, 6.07) is 6.28. The van der Waals surface area contributed by atoms with Gasteiger partial charge in [-0.15, -0.1) is 0 Å². The Morgan fingerprint density at radius 2 is 2.00 bits per heavy atom. The van der Waals surface area contributed by atoms with Gasteiger partial charge in [0.15, 0.2) is 0 Å². The summed E-state index contributed by atoms with van der Waals surface area (Å²) in [7, 11) is 0. The maximum absolute atomic E-state index is 12.7. The largest absolute Gasteiger partial charge is 0.388 e. The molecule has 0 aliphatic heterocycles. The number of aliphatic hydroxyl groups excluding tert-OH is 1. The molecule has 0 aliphatic carbocycles. The van der Waals surface area contributed by atoms with Crippen LogP contribution in [-0.2, 0) is 13.2 Å². The SMILES string of the molecule is OCc1nccn1Cc1ccc(F)cc1. The van der Waals surface area contributed by atoms with E-state index in [2.05, 4.69) is 4.98 Å². The molecule has 1 aromatic heterocycles. The quantitative estimate of drug-likeness (QED) is 0.827. The minimum absolute atomic E-state index is 0.0891. The van der Waals surface area contributed by atoms with E-state index in [9.17, 15) is 4.39 Å². The van der Waals surface area contributed by atoms with Gasteiger partial charge in [-0.05, 0) is 17.7 Å². The van der Waals surface area contributed by atoms with Crippen LogP contribution in [0.25, 0.3) is 0 Å². The summed E-state index contributed by atoms with van der Waals surface area (Å²) < 4.78 is 14.5. The molecule has 0 bridgehead atoms. The van der Waals surface area contributed by atoms with E-state index >= 15 is 0 Å². The highest BCUT2D eigenvalue weighted by atomic mass is 19.1. The number of aliphatic hydroxyl groups is 1. The third-order valence-corrected chi connectivity index (χ3v) is 2.21. The zero-order valence-corrected chi connectivity index (χ0v) is 8.10. The first kappa shape index (κ1) is 9.86. The number of aromatic nitrogens is 2. The number of rotatable bonds is 3. The van der Waals surface area contributed by atoms with Crippen LogP contribution >= 0.6 is 0 Å². The first-order chi connectivity index (χ1) is 7.29. The summed E-state index contributed by atoms with van der Waals surface area (Å²) in [5.41, 5.74) is 0.976. The van der Waals surface area contributed by atoms with Crippen LogP contribution in [0.5, 0.6) is 0 Å². The predicted octanol–water partition coefficient (Wildman–Crippen LogP) is 1.56. The maximum atomic E-state index is 12.7. The van der Waals surface area contributed by atoms with E-state index in [1.54, 1.807) is 24.5 Å². The fourth-order valence-electron chi connectivity index (χ4n) is 1.42. The molecule has 78 valence electrons. The van der Waals surface area contributed by atoms with Crippen LogP contribution in [0, 0.1) is 5.82 Å². The van der Waals surface area contributed by atoms with Crippen molar-refractivity contribution in [2.45, 2.75) is 13.2 Å². The van der Waals surface area contributed by atoms with Crippen molar-refractivity contribution < 1.29 is 9.50 Å². The molecular formula is C11H11FN2O. The third-order valence-electron chi connectivity index (χ3n) is 2.21. The minimum Gasteiger partial charge on any atom is -0.388 e. The molecule has 0 radical (unpaired) electrons. The van der Waals surface area contributed by atoms with E-state index in [1.807, 2.05) is 4.57 Å². The van der Waals surface area contributed by atoms with Gasteiger partial charge in [-0.2, -0.15) is 0 Å². The molecule has 0 saturated heterocycles. The highest BCUT2D eigenvalue weighted by Gasteiger charge is 2.01. The van der Waals surface area contributed by atoms with Crippen LogP contribution in [0.15, 0.2) is 36.7 Å². The summed E-state index contributed by atoms with van der Waals surface area (Å²) in [5.74, 6) is 0.367. The second-order valence-corrected chi connectivity index (χ2v) is 3.26. The van der Waals surface area contributed by atoms with Gasteiger partial charge in [0.25, 0.3) is 0 Å². The number of imidazole rings is 1. The standard InChI is InChI=1S/C11H11FN2O/c12-10-3-1-9(2-4-10)7-14-6-5-13-11(14)8-15/h1-6,15H,7-8H2. The Morgan fingerprint density at radius 1 is 1.27 bits per heavy atom. The molecule has 1 N–H and O–H groups in total. The van der Waals surface area contributed by atoms with Crippen molar-refractivity contribution in [3.8, 4) is 0 Å². The lowest BCUT2D eigenvalue weighted by Crippen LogP contribution is -2.04. The number of nitrogens with zero attached hydrogens (tertiary/aromatic N) is 2.